The first kappa shape index (κ1) is 20.4. The van der Waals surface area contributed by atoms with E-state index in [0.29, 0.717) is 11.4 Å². The van der Waals surface area contributed by atoms with Crippen LogP contribution in [-0.2, 0) is 19.1 Å². The molecule has 1 aliphatic rings. The zero-order chi connectivity index (χ0) is 21.0. The maximum Gasteiger partial charge on any atom is 0.311 e. The lowest BCUT2D eigenvalue weighted by Crippen LogP contribution is -2.28. The Bertz CT molecular complexity index is 903. The first-order chi connectivity index (χ1) is 13.9. The summed E-state index contributed by atoms with van der Waals surface area (Å²) >= 11 is 0. The molecule has 2 amide bonds. The molecule has 1 aliphatic heterocycles. The van der Waals surface area contributed by atoms with Crippen molar-refractivity contribution < 1.29 is 23.9 Å². The van der Waals surface area contributed by atoms with Crippen LogP contribution < -0.4 is 15.0 Å². The van der Waals surface area contributed by atoms with Crippen LogP contribution in [0.1, 0.15) is 17.5 Å². The van der Waals surface area contributed by atoms with E-state index in [2.05, 4.69) is 5.32 Å². The summed E-state index contributed by atoms with van der Waals surface area (Å²) in [5, 5.41) is 2.65. The molecule has 1 unspecified atom stereocenters. The Balaban J connectivity index is 1.53. The normalized spacial score (nSPS) is 15.9. The third-order valence-electron chi connectivity index (χ3n) is 4.70. The summed E-state index contributed by atoms with van der Waals surface area (Å²) in [7, 11) is 1.56. The number of ether oxygens (including phenoxy) is 2. The van der Waals surface area contributed by atoms with Gasteiger partial charge in [0.05, 0.1) is 13.0 Å². The van der Waals surface area contributed by atoms with Gasteiger partial charge in [-0.05, 0) is 61.4 Å². The van der Waals surface area contributed by atoms with Crippen LogP contribution in [0.4, 0.5) is 11.4 Å². The van der Waals surface area contributed by atoms with E-state index in [4.69, 9.17) is 9.47 Å². The van der Waals surface area contributed by atoms with Crippen molar-refractivity contribution in [2.24, 2.45) is 5.92 Å². The quantitative estimate of drug-likeness (QED) is 0.759. The van der Waals surface area contributed by atoms with Crippen molar-refractivity contribution in [1.82, 2.24) is 0 Å². The Labute approximate surface area is 169 Å². The third-order valence-corrected chi connectivity index (χ3v) is 4.70. The number of esters is 1. The molecule has 2 aromatic rings. The molecule has 0 aromatic heterocycles. The van der Waals surface area contributed by atoms with Gasteiger partial charge in [-0.1, -0.05) is 6.07 Å². The molecule has 1 fully saturated rings. The zero-order valence-corrected chi connectivity index (χ0v) is 16.7. The molecule has 0 saturated carbocycles. The van der Waals surface area contributed by atoms with E-state index in [1.807, 2.05) is 32.0 Å². The van der Waals surface area contributed by atoms with Gasteiger partial charge in [0.25, 0.3) is 5.91 Å². The first-order valence-electron chi connectivity index (χ1n) is 9.35. The van der Waals surface area contributed by atoms with Gasteiger partial charge in [-0.25, -0.2) is 0 Å². The fourth-order valence-corrected chi connectivity index (χ4v) is 3.35. The number of aryl methyl sites for hydroxylation is 2. The minimum atomic E-state index is -0.586. The smallest absolute Gasteiger partial charge is 0.311 e. The molecule has 7 nitrogen and oxygen atoms in total. The van der Waals surface area contributed by atoms with Gasteiger partial charge in [0.1, 0.15) is 5.75 Å². The third kappa shape index (κ3) is 5.13. The van der Waals surface area contributed by atoms with Crippen LogP contribution in [0, 0.1) is 19.8 Å². The van der Waals surface area contributed by atoms with Gasteiger partial charge in [0.15, 0.2) is 6.61 Å². The van der Waals surface area contributed by atoms with E-state index in [9.17, 15) is 14.4 Å². The van der Waals surface area contributed by atoms with Gasteiger partial charge < -0.3 is 19.7 Å². The molecule has 152 valence electrons. The summed E-state index contributed by atoms with van der Waals surface area (Å²) < 4.78 is 10.2. The highest BCUT2D eigenvalue weighted by atomic mass is 16.5. The minimum absolute atomic E-state index is 0.0753. The van der Waals surface area contributed by atoms with Gasteiger partial charge in [-0.3, -0.25) is 14.4 Å². The Morgan fingerprint density at radius 2 is 1.76 bits per heavy atom. The van der Waals surface area contributed by atoms with Crippen LogP contribution in [0.25, 0.3) is 0 Å². The second-order valence-electron chi connectivity index (χ2n) is 7.14. The number of carbonyl (C=O) groups excluding carboxylic acids is 3. The molecule has 0 aliphatic carbocycles. The lowest BCUT2D eigenvalue weighted by molar-refractivity contribution is -0.151. The van der Waals surface area contributed by atoms with E-state index in [0.717, 1.165) is 16.8 Å². The fourth-order valence-electron chi connectivity index (χ4n) is 3.35. The lowest BCUT2D eigenvalue weighted by Gasteiger charge is -2.18. The predicted molar refractivity (Wildman–Crippen MR) is 109 cm³/mol. The number of nitrogens with one attached hydrogen (secondary N) is 1. The van der Waals surface area contributed by atoms with Crippen molar-refractivity contribution in [3.8, 4) is 5.75 Å². The predicted octanol–water partition coefficient (Wildman–Crippen LogP) is 2.85. The largest absolute Gasteiger partial charge is 0.497 e. The van der Waals surface area contributed by atoms with Crippen molar-refractivity contribution >= 4 is 29.2 Å². The molecular weight excluding hydrogens is 372 g/mol. The SMILES string of the molecule is COc1ccc(NC(=O)COC(=O)C2CC(=O)N(c3cc(C)cc(C)c3)C2)cc1. The summed E-state index contributed by atoms with van der Waals surface area (Å²) in [5.41, 5.74) is 3.45. The Morgan fingerprint density at radius 1 is 1.10 bits per heavy atom. The standard InChI is InChI=1S/C22H24N2O5/c1-14-8-15(2)10-18(9-14)24-12-16(11-21(24)26)22(27)29-13-20(25)23-17-4-6-19(28-3)7-5-17/h4-10,16H,11-13H2,1-3H3,(H,23,25). The number of anilines is 2. The molecule has 2 aromatic carbocycles. The van der Waals surface area contributed by atoms with Crippen molar-refractivity contribution in [3.05, 3.63) is 53.6 Å². The number of methoxy groups -OCH3 is 1. The van der Waals surface area contributed by atoms with Crippen molar-refractivity contribution in [2.75, 3.05) is 30.5 Å². The Hall–Kier alpha value is -3.35. The van der Waals surface area contributed by atoms with E-state index in [1.54, 1.807) is 36.3 Å². The lowest BCUT2D eigenvalue weighted by atomic mass is 10.1. The van der Waals surface area contributed by atoms with Gasteiger partial charge in [-0.2, -0.15) is 0 Å². The van der Waals surface area contributed by atoms with E-state index in [1.165, 1.54) is 0 Å². The number of hydrogen-bond acceptors (Lipinski definition) is 5. The summed E-state index contributed by atoms with van der Waals surface area (Å²) in [6, 6.07) is 12.7. The average Bonchev–Trinajstić information content (AvgIpc) is 3.08. The average molecular weight is 396 g/mol. The highest BCUT2D eigenvalue weighted by molar-refractivity contribution is 6.00. The number of hydrogen-bond donors (Lipinski definition) is 1. The van der Waals surface area contributed by atoms with Crippen LogP contribution in [0.2, 0.25) is 0 Å². The molecule has 1 atom stereocenters. The molecule has 0 bridgehead atoms. The van der Waals surface area contributed by atoms with Crippen LogP contribution in [0.3, 0.4) is 0 Å². The number of amides is 2. The van der Waals surface area contributed by atoms with E-state index < -0.39 is 24.4 Å². The maximum absolute atomic E-state index is 12.4. The molecule has 0 radical (unpaired) electrons. The van der Waals surface area contributed by atoms with Crippen molar-refractivity contribution in [1.29, 1.82) is 0 Å². The topological polar surface area (TPSA) is 84.9 Å². The summed E-state index contributed by atoms with van der Waals surface area (Å²) in [5.74, 6) is -1.03. The van der Waals surface area contributed by atoms with E-state index >= 15 is 0 Å². The molecule has 1 saturated heterocycles. The van der Waals surface area contributed by atoms with Gasteiger partial charge in [-0.15, -0.1) is 0 Å². The molecule has 1 heterocycles. The van der Waals surface area contributed by atoms with Crippen molar-refractivity contribution in [2.45, 2.75) is 20.3 Å². The zero-order valence-electron chi connectivity index (χ0n) is 16.7. The van der Waals surface area contributed by atoms with Crippen molar-refractivity contribution in [3.63, 3.8) is 0 Å². The van der Waals surface area contributed by atoms with Gasteiger partial charge in [0.2, 0.25) is 5.91 Å². The number of benzene rings is 2. The van der Waals surface area contributed by atoms with Crippen LogP contribution in [0.5, 0.6) is 5.75 Å². The number of carbonyl (C=O) groups is 3. The molecule has 3 rings (SSSR count). The van der Waals surface area contributed by atoms with Gasteiger partial charge >= 0.3 is 5.97 Å². The van der Waals surface area contributed by atoms with Crippen LogP contribution in [0.15, 0.2) is 42.5 Å². The minimum Gasteiger partial charge on any atom is -0.497 e. The fraction of sp³-hybridized carbons (Fsp3) is 0.318. The summed E-state index contributed by atoms with van der Waals surface area (Å²) in [6.45, 7) is 3.77. The molecule has 7 heteroatoms. The number of rotatable bonds is 6. The van der Waals surface area contributed by atoms with E-state index in [-0.39, 0.29) is 18.9 Å². The Kier molecular flexibility index (Phi) is 6.16. The van der Waals surface area contributed by atoms with Crippen LogP contribution >= 0.6 is 0 Å². The number of nitrogens with zero attached hydrogens (tertiary/aromatic N) is 1. The summed E-state index contributed by atoms with van der Waals surface area (Å²) in [4.78, 5) is 38.3. The highest BCUT2D eigenvalue weighted by Gasteiger charge is 2.36. The maximum atomic E-state index is 12.4. The first-order valence-corrected chi connectivity index (χ1v) is 9.35. The van der Waals surface area contributed by atoms with Gasteiger partial charge in [0, 0.05) is 24.3 Å². The monoisotopic (exact) mass is 396 g/mol. The Morgan fingerprint density at radius 3 is 2.38 bits per heavy atom. The molecular formula is C22H24N2O5. The second kappa shape index (κ2) is 8.77. The van der Waals surface area contributed by atoms with Crippen LogP contribution in [-0.4, -0.2) is 38.0 Å². The second-order valence-corrected chi connectivity index (χ2v) is 7.14. The molecule has 1 N–H and O–H groups in total. The highest BCUT2D eigenvalue weighted by Crippen LogP contribution is 2.27. The molecule has 0 spiro atoms. The molecule has 29 heavy (non-hydrogen) atoms. The summed E-state index contributed by atoms with van der Waals surface area (Å²) in [6.07, 6.45) is 0.0753.